The van der Waals surface area contributed by atoms with Crippen molar-refractivity contribution in [2.24, 2.45) is 5.92 Å². The summed E-state index contributed by atoms with van der Waals surface area (Å²) in [6.45, 7) is 6.56. The van der Waals surface area contributed by atoms with Gasteiger partial charge in [0.25, 0.3) is 0 Å². The quantitative estimate of drug-likeness (QED) is 0.685. The lowest BCUT2D eigenvalue weighted by Crippen LogP contribution is -2.51. The van der Waals surface area contributed by atoms with Crippen LogP contribution in [0, 0.1) is 5.92 Å². The molecule has 2 rings (SSSR count). The van der Waals surface area contributed by atoms with E-state index in [-0.39, 0.29) is 5.54 Å². The molecule has 1 aliphatic carbocycles. The van der Waals surface area contributed by atoms with Crippen LogP contribution in [-0.4, -0.2) is 29.3 Å². The molecule has 1 saturated heterocycles. The van der Waals surface area contributed by atoms with E-state index in [9.17, 15) is 4.79 Å². The fourth-order valence-corrected chi connectivity index (χ4v) is 2.55. The van der Waals surface area contributed by atoms with Gasteiger partial charge in [-0.2, -0.15) is 0 Å². The van der Waals surface area contributed by atoms with Crippen LogP contribution in [0.5, 0.6) is 0 Å². The fourth-order valence-electron chi connectivity index (χ4n) is 2.55. The number of likely N-dealkylation sites (tertiary alicyclic amines) is 1. The van der Waals surface area contributed by atoms with Crippen molar-refractivity contribution in [2.75, 3.05) is 13.1 Å². The molecule has 1 unspecified atom stereocenters. The summed E-state index contributed by atoms with van der Waals surface area (Å²) in [6, 6.07) is 0. The first-order chi connectivity index (χ1) is 6.68. The predicted molar refractivity (Wildman–Crippen MR) is 57.2 cm³/mol. The van der Waals surface area contributed by atoms with Crippen LogP contribution in [0.1, 0.15) is 46.0 Å². The van der Waals surface area contributed by atoms with Gasteiger partial charge in [0.2, 0.25) is 0 Å². The van der Waals surface area contributed by atoms with Gasteiger partial charge >= 0.3 is 0 Å². The third kappa shape index (κ3) is 1.60. The van der Waals surface area contributed by atoms with E-state index in [1.54, 1.807) is 0 Å². The highest BCUT2D eigenvalue weighted by Crippen LogP contribution is 2.38. The summed E-state index contributed by atoms with van der Waals surface area (Å²) in [7, 11) is 0. The highest BCUT2D eigenvalue weighted by atomic mass is 16.1. The molecule has 0 spiro atoms. The zero-order chi connectivity index (χ0) is 10.2. The van der Waals surface area contributed by atoms with E-state index in [0.29, 0.717) is 11.7 Å². The first kappa shape index (κ1) is 10.2. The number of carbonyl (C=O) groups excluding carboxylic acids is 1. The van der Waals surface area contributed by atoms with Crippen LogP contribution in [0.25, 0.3) is 0 Å². The van der Waals surface area contributed by atoms with Crippen LogP contribution in [0.15, 0.2) is 0 Å². The Hall–Kier alpha value is -0.370. The lowest BCUT2D eigenvalue weighted by atomic mass is 9.88. The van der Waals surface area contributed by atoms with Crippen molar-refractivity contribution in [3.63, 3.8) is 0 Å². The Morgan fingerprint density at radius 1 is 1.36 bits per heavy atom. The van der Waals surface area contributed by atoms with Crippen molar-refractivity contribution in [3.8, 4) is 0 Å². The number of hydrogen-bond acceptors (Lipinski definition) is 2. The Balaban J connectivity index is 2.09. The summed E-state index contributed by atoms with van der Waals surface area (Å²) in [5.74, 6) is 0.919. The first-order valence-electron chi connectivity index (χ1n) is 5.98. The summed E-state index contributed by atoms with van der Waals surface area (Å²) in [6.07, 6.45) is 5.80. The maximum Gasteiger partial charge on any atom is 0.155 e. The topological polar surface area (TPSA) is 20.3 Å². The molecule has 0 aromatic heterocycles. The maximum absolute atomic E-state index is 12.2. The fraction of sp³-hybridized carbons (Fsp3) is 0.917. The zero-order valence-electron chi connectivity index (χ0n) is 9.38. The molecule has 0 aromatic carbocycles. The number of rotatable bonds is 4. The molecule has 1 aliphatic heterocycles. The summed E-state index contributed by atoms with van der Waals surface area (Å²) in [4.78, 5) is 14.6. The molecule has 0 N–H and O–H groups in total. The van der Waals surface area contributed by atoms with Gasteiger partial charge in [0, 0.05) is 5.92 Å². The van der Waals surface area contributed by atoms with Crippen LogP contribution in [-0.2, 0) is 4.79 Å². The minimum atomic E-state index is -0.141. The SMILES string of the molecule is CCC(C)(C(=O)C1CC1)N1CCCC1. The Labute approximate surface area is 86.7 Å². The second kappa shape index (κ2) is 3.65. The van der Waals surface area contributed by atoms with Gasteiger partial charge < -0.3 is 0 Å². The summed E-state index contributed by atoms with van der Waals surface area (Å²) >= 11 is 0. The van der Waals surface area contributed by atoms with Gasteiger partial charge in [-0.15, -0.1) is 0 Å². The van der Waals surface area contributed by atoms with Gasteiger partial charge in [-0.25, -0.2) is 0 Å². The predicted octanol–water partition coefficient (Wildman–Crippen LogP) is 2.23. The number of ketones is 1. The van der Waals surface area contributed by atoms with E-state index >= 15 is 0 Å². The van der Waals surface area contributed by atoms with Gasteiger partial charge in [0.1, 0.15) is 0 Å². The highest BCUT2D eigenvalue weighted by molar-refractivity contribution is 5.91. The minimum Gasteiger partial charge on any atom is -0.297 e. The molecule has 1 atom stereocenters. The summed E-state index contributed by atoms with van der Waals surface area (Å²) < 4.78 is 0. The van der Waals surface area contributed by atoms with Crippen LogP contribution in [0.4, 0.5) is 0 Å². The van der Waals surface area contributed by atoms with E-state index in [2.05, 4.69) is 18.7 Å². The molecule has 0 radical (unpaired) electrons. The van der Waals surface area contributed by atoms with E-state index in [4.69, 9.17) is 0 Å². The Morgan fingerprint density at radius 2 is 1.93 bits per heavy atom. The molecule has 0 aromatic rings. The van der Waals surface area contributed by atoms with E-state index in [1.165, 1.54) is 12.8 Å². The second-order valence-corrected chi connectivity index (χ2v) is 4.96. The van der Waals surface area contributed by atoms with Crippen molar-refractivity contribution < 1.29 is 4.79 Å². The molecule has 2 fully saturated rings. The number of Topliss-reactive ketones (excluding diaryl/α,β-unsaturated/α-hetero) is 1. The molecule has 2 nitrogen and oxygen atoms in total. The molecule has 2 heteroatoms. The average molecular weight is 195 g/mol. The lowest BCUT2D eigenvalue weighted by Gasteiger charge is -2.36. The van der Waals surface area contributed by atoms with Gasteiger partial charge in [0.05, 0.1) is 5.54 Å². The molecular weight excluding hydrogens is 174 g/mol. The summed E-state index contributed by atoms with van der Waals surface area (Å²) in [5.41, 5.74) is -0.141. The number of carbonyl (C=O) groups is 1. The van der Waals surface area contributed by atoms with Crippen molar-refractivity contribution in [1.82, 2.24) is 4.90 Å². The molecule has 80 valence electrons. The number of hydrogen-bond donors (Lipinski definition) is 0. The van der Waals surface area contributed by atoms with E-state index < -0.39 is 0 Å². The van der Waals surface area contributed by atoms with Crippen LogP contribution in [0.2, 0.25) is 0 Å². The first-order valence-corrected chi connectivity index (χ1v) is 5.98. The Morgan fingerprint density at radius 3 is 2.36 bits per heavy atom. The van der Waals surface area contributed by atoms with Gasteiger partial charge in [-0.1, -0.05) is 6.92 Å². The Kier molecular flexibility index (Phi) is 2.65. The normalized spacial score (nSPS) is 27.6. The molecule has 0 amide bonds. The monoisotopic (exact) mass is 195 g/mol. The van der Waals surface area contributed by atoms with Crippen molar-refractivity contribution in [2.45, 2.75) is 51.5 Å². The maximum atomic E-state index is 12.2. The van der Waals surface area contributed by atoms with Gasteiger partial charge in [-0.05, 0) is 52.1 Å². The Bertz CT molecular complexity index is 228. The van der Waals surface area contributed by atoms with Crippen molar-refractivity contribution in [3.05, 3.63) is 0 Å². The molecule has 2 aliphatic rings. The minimum absolute atomic E-state index is 0.141. The largest absolute Gasteiger partial charge is 0.297 e. The number of nitrogens with zero attached hydrogens (tertiary/aromatic N) is 1. The van der Waals surface area contributed by atoms with Crippen LogP contribution in [0.3, 0.4) is 0 Å². The van der Waals surface area contributed by atoms with Crippen molar-refractivity contribution >= 4 is 5.78 Å². The molecular formula is C12H21NO. The third-order valence-electron chi connectivity index (χ3n) is 3.97. The van der Waals surface area contributed by atoms with Gasteiger partial charge in [-0.3, -0.25) is 9.69 Å². The molecule has 0 bridgehead atoms. The second-order valence-electron chi connectivity index (χ2n) is 4.96. The van der Waals surface area contributed by atoms with Crippen LogP contribution >= 0.6 is 0 Å². The van der Waals surface area contributed by atoms with E-state index in [1.807, 2.05) is 0 Å². The zero-order valence-corrected chi connectivity index (χ0v) is 9.38. The van der Waals surface area contributed by atoms with Gasteiger partial charge in [0.15, 0.2) is 5.78 Å². The lowest BCUT2D eigenvalue weighted by molar-refractivity contribution is -0.131. The summed E-state index contributed by atoms with van der Waals surface area (Å²) in [5, 5.41) is 0. The average Bonchev–Trinajstić information content (AvgIpc) is 2.91. The standard InChI is InChI=1S/C12H21NO/c1-3-12(2,11(14)10-6-7-10)13-8-4-5-9-13/h10H,3-9H2,1-2H3. The smallest absolute Gasteiger partial charge is 0.155 e. The molecule has 14 heavy (non-hydrogen) atoms. The van der Waals surface area contributed by atoms with E-state index in [0.717, 1.165) is 32.4 Å². The highest BCUT2D eigenvalue weighted by Gasteiger charge is 2.45. The van der Waals surface area contributed by atoms with Crippen LogP contribution < -0.4 is 0 Å². The van der Waals surface area contributed by atoms with Crippen molar-refractivity contribution in [1.29, 1.82) is 0 Å². The third-order valence-corrected chi connectivity index (χ3v) is 3.97. The molecule has 1 heterocycles. The molecule has 1 saturated carbocycles.